The maximum absolute atomic E-state index is 12.0. The molecule has 0 atom stereocenters. The van der Waals surface area contributed by atoms with Crippen LogP contribution in [0.3, 0.4) is 0 Å². The van der Waals surface area contributed by atoms with Crippen molar-refractivity contribution in [2.75, 3.05) is 29.9 Å². The summed E-state index contributed by atoms with van der Waals surface area (Å²) in [6.07, 6.45) is 4.96. The third kappa shape index (κ3) is 4.61. The van der Waals surface area contributed by atoms with Gasteiger partial charge < -0.3 is 15.5 Å². The van der Waals surface area contributed by atoms with E-state index in [1.54, 1.807) is 30.5 Å². The van der Waals surface area contributed by atoms with Crippen LogP contribution in [0.5, 0.6) is 0 Å². The summed E-state index contributed by atoms with van der Waals surface area (Å²) in [5.41, 5.74) is 1.02. The number of amides is 2. The fourth-order valence-electron chi connectivity index (χ4n) is 2.97. The highest BCUT2D eigenvalue weighted by atomic mass is 35.5. The molecule has 7 nitrogen and oxygen atoms in total. The fourth-order valence-corrected chi connectivity index (χ4v) is 3.16. The van der Waals surface area contributed by atoms with E-state index in [0.717, 1.165) is 25.9 Å². The first-order chi connectivity index (χ1) is 12.7. The minimum atomic E-state index is -0.240. The highest BCUT2D eigenvalue weighted by Gasteiger charge is 2.22. The highest BCUT2D eigenvalue weighted by molar-refractivity contribution is 6.30. The number of hydrogen-bond acceptors (Lipinski definition) is 5. The molecule has 0 unspecified atom stereocenters. The van der Waals surface area contributed by atoms with Gasteiger partial charge in [-0.15, -0.1) is 0 Å². The molecule has 1 aromatic carbocycles. The fraction of sp³-hybridized carbons (Fsp3) is 0.333. The van der Waals surface area contributed by atoms with Gasteiger partial charge in [0.15, 0.2) is 11.5 Å². The van der Waals surface area contributed by atoms with Gasteiger partial charge in [0.05, 0.1) is 0 Å². The summed E-state index contributed by atoms with van der Waals surface area (Å²) < 4.78 is 0. The molecule has 1 saturated heterocycles. The van der Waals surface area contributed by atoms with Crippen molar-refractivity contribution in [3.05, 3.63) is 47.4 Å². The lowest BCUT2D eigenvalue weighted by Gasteiger charge is -2.32. The maximum Gasteiger partial charge on any atom is 0.319 e. The number of piperidine rings is 1. The Morgan fingerprint density at radius 3 is 2.81 bits per heavy atom. The third-order valence-corrected chi connectivity index (χ3v) is 4.57. The van der Waals surface area contributed by atoms with Gasteiger partial charge in [0.1, 0.15) is 6.07 Å². The molecule has 1 aliphatic rings. The van der Waals surface area contributed by atoms with E-state index in [1.807, 2.05) is 0 Å². The molecule has 0 bridgehead atoms. The molecule has 1 fully saturated rings. The first-order valence-electron chi connectivity index (χ1n) is 8.42. The number of nitrogens with zero attached hydrogens (tertiary/aromatic N) is 4. The van der Waals surface area contributed by atoms with Crippen molar-refractivity contribution >= 4 is 29.1 Å². The summed E-state index contributed by atoms with van der Waals surface area (Å²) in [5, 5.41) is 15.4. The second-order valence-corrected chi connectivity index (χ2v) is 6.55. The van der Waals surface area contributed by atoms with Crippen LogP contribution < -0.4 is 15.5 Å². The smallest absolute Gasteiger partial charge is 0.319 e. The van der Waals surface area contributed by atoms with Gasteiger partial charge in [-0.25, -0.2) is 14.8 Å². The number of carbonyl (C=O) groups is 1. The largest absolute Gasteiger partial charge is 0.354 e. The molecule has 8 heteroatoms. The van der Waals surface area contributed by atoms with Gasteiger partial charge in [-0.05, 0) is 37.0 Å². The molecule has 0 spiro atoms. The van der Waals surface area contributed by atoms with Gasteiger partial charge in [-0.2, -0.15) is 5.26 Å². The van der Waals surface area contributed by atoms with E-state index in [4.69, 9.17) is 16.9 Å². The van der Waals surface area contributed by atoms with Gasteiger partial charge in [0, 0.05) is 42.7 Å². The van der Waals surface area contributed by atoms with Crippen LogP contribution in [-0.4, -0.2) is 35.6 Å². The van der Waals surface area contributed by atoms with Crippen LogP contribution in [0.15, 0.2) is 36.7 Å². The molecule has 2 amide bonds. The topological polar surface area (TPSA) is 93.9 Å². The van der Waals surface area contributed by atoms with Crippen molar-refractivity contribution in [2.45, 2.75) is 12.8 Å². The summed E-state index contributed by atoms with van der Waals surface area (Å²) in [6.45, 7) is 2.18. The van der Waals surface area contributed by atoms with Crippen LogP contribution in [0.25, 0.3) is 0 Å². The molecule has 1 aromatic heterocycles. The lowest BCUT2D eigenvalue weighted by Crippen LogP contribution is -2.40. The lowest BCUT2D eigenvalue weighted by atomic mass is 9.97. The van der Waals surface area contributed by atoms with E-state index in [9.17, 15) is 4.79 Å². The zero-order chi connectivity index (χ0) is 18.4. The minimum Gasteiger partial charge on any atom is -0.354 e. The lowest BCUT2D eigenvalue weighted by molar-refractivity contribution is 0.248. The Hall–Kier alpha value is -2.85. The number of rotatable bonds is 4. The zero-order valence-corrected chi connectivity index (χ0v) is 14.9. The predicted molar refractivity (Wildman–Crippen MR) is 100 cm³/mol. The Labute approximate surface area is 157 Å². The molecule has 2 heterocycles. The average Bonchev–Trinajstić information content (AvgIpc) is 2.67. The molecule has 1 aliphatic heterocycles. The summed E-state index contributed by atoms with van der Waals surface area (Å²) >= 11 is 5.91. The SMILES string of the molecule is N#Cc1nccnc1N1CCC(CNC(=O)Nc2cccc(Cl)c2)CC1. The zero-order valence-electron chi connectivity index (χ0n) is 14.2. The number of benzene rings is 1. The Morgan fingerprint density at radius 1 is 1.31 bits per heavy atom. The molecule has 0 saturated carbocycles. The number of carbonyl (C=O) groups excluding carboxylic acids is 1. The van der Waals surface area contributed by atoms with Gasteiger partial charge in [0.2, 0.25) is 0 Å². The van der Waals surface area contributed by atoms with E-state index in [1.165, 1.54) is 6.20 Å². The Balaban J connectivity index is 1.45. The Kier molecular flexibility index (Phi) is 5.87. The van der Waals surface area contributed by atoms with Crippen LogP contribution >= 0.6 is 11.6 Å². The number of hydrogen-bond donors (Lipinski definition) is 2. The minimum absolute atomic E-state index is 0.240. The molecule has 0 radical (unpaired) electrons. The van der Waals surface area contributed by atoms with E-state index >= 15 is 0 Å². The molecule has 2 aromatic rings. The van der Waals surface area contributed by atoms with Crippen molar-refractivity contribution in [3.63, 3.8) is 0 Å². The van der Waals surface area contributed by atoms with Crippen molar-refractivity contribution in [1.82, 2.24) is 15.3 Å². The molecule has 26 heavy (non-hydrogen) atoms. The summed E-state index contributed by atoms with van der Waals surface area (Å²) in [4.78, 5) is 22.4. The third-order valence-electron chi connectivity index (χ3n) is 4.33. The summed E-state index contributed by atoms with van der Waals surface area (Å²) in [7, 11) is 0. The first kappa shape index (κ1) is 18.0. The van der Waals surface area contributed by atoms with Crippen molar-refractivity contribution in [2.24, 2.45) is 5.92 Å². The van der Waals surface area contributed by atoms with Crippen molar-refractivity contribution < 1.29 is 4.79 Å². The Bertz CT molecular complexity index is 813. The van der Waals surface area contributed by atoms with Crippen LogP contribution in [-0.2, 0) is 0 Å². The second-order valence-electron chi connectivity index (χ2n) is 6.12. The summed E-state index contributed by atoms with van der Waals surface area (Å²) in [6, 6.07) is 8.88. The first-order valence-corrected chi connectivity index (χ1v) is 8.80. The standard InChI is InChI=1S/C18H19ClN6O/c19-14-2-1-3-15(10-14)24-18(26)23-12-13-4-8-25(9-5-13)17-16(11-20)21-6-7-22-17/h1-3,6-7,10,13H,4-5,8-9,12H2,(H2,23,24,26). The van der Waals surface area contributed by atoms with Crippen LogP contribution in [0, 0.1) is 17.2 Å². The van der Waals surface area contributed by atoms with Crippen molar-refractivity contribution in [1.29, 1.82) is 5.26 Å². The molecule has 2 N–H and O–H groups in total. The number of urea groups is 1. The number of nitriles is 1. The average molecular weight is 371 g/mol. The van der Waals surface area contributed by atoms with E-state index in [2.05, 4.69) is 31.6 Å². The molecule has 0 aliphatic carbocycles. The van der Waals surface area contributed by atoms with Gasteiger partial charge in [-0.3, -0.25) is 0 Å². The van der Waals surface area contributed by atoms with Crippen molar-refractivity contribution in [3.8, 4) is 6.07 Å². The van der Waals surface area contributed by atoms with Crippen LogP contribution in [0.1, 0.15) is 18.5 Å². The monoisotopic (exact) mass is 370 g/mol. The van der Waals surface area contributed by atoms with E-state index < -0.39 is 0 Å². The molecular formula is C18H19ClN6O. The quantitative estimate of drug-likeness (QED) is 0.862. The number of anilines is 2. The number of nitrogens with one attached hydrogen (secondary N) is 2. The second kappa shape index (κ2) is 8.50. The normalized spacial score (nSPS) is 14.5. The van der Waals surface area contributed by atoms with E-state index in [0.29, 0.717) is 34.7 Å². The highest BCUT2D eigenvalue weighted by Crippen LogP contribution is 2.23. The predicted octanol–water partition coefficient (Wildman–Crippen LogP) is 3.04. The Morgan fingerprint density at radius 2 is 2.08 bits per heavy atom. The van der Waals surface area contributed by atoms with Gasteiger partial charge in [0.25, 0.3) is 0 Å². The van der Waals surface area contributed by atoms with Gasteiger partial charge in [-0.1, -0.05) is 17.7 Å². The number of aromatic nitrogens is 2. The van der Waals surface area contributed by atoms with Crippen LogP contribution in [0.4, 0.5) is 16.3 Å². The van der Waals surface area contributed by atoms with Crippen LogP contribution in [0.2, 0.25) is 5.02 Å². The van der Waals surface area contributed by atoms with Gasteiger partial charge >= 0.3 is 6.03 Å². The molecule has 134 valence electrons. The molecule has 3 rings (SSSR count). The maximum atomic E-state index is 12.0. The number of halogens is 1. The summed E-state index contributed by atoms with van der Waals surface area (Å²) in [5.74, 6) is 1.03. The van der Waals surface area contributed by atoms with E-state index in [-0.39, 0.29) is 6.03 Å². The molecular weight excluding hydrogens is 352 g/mol.